The van der Waals surface area contributed by atoms with Crippen LogP contribution in [0.15, 0.2) is 54.9 Å². The van der Waals surface area contributed by atoms with Gasteiger partial charge in [0.1, 0.15) is 6.33 Å². The van der Waals surface area contributed by atoms with Crippen LogP contribution in [-0.4, -0.2) is 28.5 Å². The van der Waals surface area contributed by atoms with Crippen LogP contribution in [0, 0.1) is 0 Å². The molecule has 1 aliphatic rings. The van der Waals surface area contributed by atoms with E-state index in [9.17, 15) is 22.8 Å². The van der Waals surface area contributed by atoms with Gasteiger partial charge in [-0.25, -0.2) is 9.78 Å². The first kappa shape index (κ1) is 19.7. The minimum absolute atomic E-state index is 0.0925. The number of methoxy groups -OCH3 is 1. The highest BCUT2D eigenvalue weighted by Crippen LogP contribution is 2.38. The number of rotatable bonds is 3. The Morgan fingerprint density at radius 3 is 2.60 bits per heavy atom. The Bertz CT molecular complexity index is 1120. The summed E-state index contributed by atoms with van der Waals surface area (Å²) in [7, 11) is 1.28. The predicted molar refractivity (Wildman–Crippen MR) is 101 cm³/mol. The SMILES string of the molecule is COC(=O)c1ccc([C@@H]2CC(=O)Nc3ncn(-c4cccc(C(F)(F)F)c4)c32)cc1. The molecule has 1 amide bonds. The van der Waals surface area contributed by atoms with Crippen LogP contribution in [0.1, 0.15) is 39.5 Å². The van der Waals surface area contributed by atoms with Crippen LogP contribution in [0.25, 0.3) is 5.69 Å². The number of esters is 1. The number of benzene rings is 2. The number of aromatic nitrogens is 2. The van der Waals surface area contributed by atoms with Crippen LogP contribution in [0.3, 0.4) is 0 Å². The molecule has 2 aromatic carbocycles. The lowest BCUT2D eigenvalue weighted by atomic mass is 9.89. The van der Waals surface area contributed by atoms with Gasteiger partial charge in [0, 0.05) is 18.0 Å². The van der Waals surface area contributed by atoms with E-state index in [1.807, 2.05) is 0 Å². The molecule has 1 aliphatic heterocycles. The number of imidazole rings is 1. The fraction of sp³-hybridized carbons (Fsp3) is 0.190. The van der Waals surface area contributed by atoms with Crippen molar-refractivity contribution in [1.82, 2.24) is 9.55 Å². The summed E-state index contributed by atoms with van der Waals surface area (Å²) in [6.45, 7) is 0. The molecule has 0 spiro atoms. The average Bonchev–Trinajstić information content (AvgIpc) is 3.16. The summed E-state index contributed by atoms with van der Waals surface area (Å²) in [6, 6.07) is 11.5. The van der Waals surface area contributed by atoms with Crippen molar-refractivity contribution >= 4 is 17.7 Å². The van der Waals surface area contributed by atoms with Crippen molar-refractivity contribution in [3.8, 4) is 5.69 Å². The van der Waals surface area contributed by atoms with Gasteiger partial charge in [-0.05, 0) is 35.9 Å². The molecule has 0 unspecified atom stereocenters. The predicted octanol–water partition coefficient (Wildman–Crippen LogP) is 4.15. The molecule has 0 saturated heterocycles. The largest absolute Gasteiger partial charge is 0.465 e. The van der Waals surface area contributed by atoms with E-state index >= 15 is 0 Å². The number of carbonyl (C=O) groups is 2. The molecule has 3 aromatic rings. The minimum Gasteiger partial charge on any atom is -0.465 e. The number of amides is 1. The van der Waals surface area contributed by atoms with Gasteiger partial charge in [0.15, 0.2) is 5.82 Å². The lowest BCUT2D eigenvalue weighted by Crippen LogP contribution is -2.25. The smallest absolute Gasteiger partial charge is 0.416 e. The molecule has 0 bridgehead atoms. The third-order valence-corrected chi connectivity index (χ3v) is 4.97. The van der Waals surface area contributed by atoms with Gasteiger partial charge in [0.25, 0.3) is 0 Å². The van der Waals surface area contributed by atoms with Gasteiger partial charge in [0.2, 0.25) is 5.91 Å². The first-order valence-corrected chi connectivity index (χ1v) is 9.01. The number of nitrogens with zero attached hydrogens (tertiary/aromatic N) is 2. The highest BCUT2D eigenvalue weighted by molar-refractivity contribution is 5.94. The third-order valence-electron chi connectivity index (χ3n) is 4.97. The van der Waals surface area contributed by atoms with Gasteiger partial charge in [-0.15, -0.1) is 0 Å². The zero-order valence-electron chi connectivity index (χ0n) is 15.7. The molecule has 6 nitrogen and oxygen atoms in total. The third kappa shape index (κ3) is 3.54. The van der Waals surface area contributed by atoms with Crippen molar-refractivity contribution in [3.63, 3.8) is 0 Å². The Morgan fingerprint density at radius 2 is 1.93 bits per heavy atom. The molecule has 0 radical (unpaired) electrons. The van der Waals surface area contributed by atoms with E-state index in [0.29, 0.717) is 17.1 Å². The van der Waals surface area contributed by atoms with E-state index < -0.39 is 23.6 Å². The first-order chi connectivity index (χ1) is 14.3. The maximum atomic E-state index is 13.2. The first-order valence-electron chi connectivity index (χ1n) is 9.01. The summed E-state index contributed by atoms with van der Waals surface area (Å²) >= 11 is 0. The van der Waals surface area contributed by atoms with E-state index in [1.165, 1.54) is 19.5 Å². The normalized spacial score (nSPS) is 16.0. The number of anilines is 1. The number of hydrogen-bond acceptors (Lipinski definition) is 4. The van der Waals surface area contributed by atoms with Gasteiger partial charge in [0.05, 0.1) is 23.9 Å². The zero-order chi connectivity index (χ0) is 21.5. The Kier molecular flexibility index (Phi) is 4.81. The lowest BCUT2D eigenvalue weighted by molar-refractivity contribution is -0.137. The average molecular weight is 415 g/mol. The minimum atomic E-state index is -4.48. The Hall–Kier alpha value is -3.62. The van der Waals surface area contributed by atoms with Gasteiger partial charge in [-0.3, -0.25) is 4.79 Å². The molecule has 1 aromatic heterocycles. The zero-order valence-corrected chi connectivity index (χ0v) is 15.7. The summed E-state index contributed by atoms with van der Waals surface area (Å²) in [5, 5.41) is 2.67. The number of fused-ring (bicyclic) bond motifs is 1. The summed E-state index contributed by atoms with van der Waals surface area (Å²) < 4.78 is 45.7. The van der Waals surface area contributed by atoms with Crippen molar-refractivity contribution in [1.29, 1.82) is 0 Å². The molecule has 30 heavy (non-hydrogen) atoms. The highest BCUT2D eigenvalue weighted by atomic mass is 19.4. The maximum Gasteiger partial charge on any atom is 0.416 e. The van der Waals surface area contributed by atoms with Crippen LogP contribution in [0.2, 0.25) is 0 Å². The van der Waals surface area contributed by atoms with Crippen molar-refractivity contribution in [2.24, 2.45) is 0 Å². The second-order valence-electron chi connectivity index (χ2n) is 6.81. The van der Waals surface area contributed by atoms with Gasteiger partial charge in [-0.2, -0.15) is 13.2 Å². The van der Waals surface area contributed by atoms with Crippen LogP contribution in [0.4, 0.5) is 19.0 Å². The molecule has 2 heterocycles. The quantitative estimate of drug-likeness (QED) is 0.653. The van der Waals surface area contributed by atoms with E-state index in [2.05, 4.69) is 15.0 Å². The van der Waals surface area contributed by atoms with E-state index in [1.54, 1.807) is 34.9 Å². The van der Waals surface area contributed by atoms with Crippen molar-refractivity contribution in [2.45, 2.75) is 18.5 Å². The fourth-order valence-corrected chi connectivity index (χ4v) is 3.54. The van der Waals surface area contributed by atoms with E-state index in [4.69, 9.17) is 0 Å². The summed E-state index contributed by atoms with van der Waals surface area (Å²) in [4.78, 5) is 28.0. The standard InChI is InChI=1S/C21H16F3N3O3/c1-30-20(29)13-7-5-12(6-8-13)16-10-17(28)26-19-18(16)27(11-25-19)15-4-2-3-14(9-15)21(22,23)24/h2-9,11,16H,10H2,1H3,(H,26,28)/t16-/m0/s1. The van der Waals surface area contributed by atoms with Crippen LogP contribution in [0.5, 0.6) is 0 Å². The lowest BCUT2D eigenvalue weighted by Gasteiger charge is -2.25. The van der Waals surface area contributed by atoms with Crippen molar-refractivity contribution in [2.75, 3.05) is 12.4 Å². The second-order valence-corrected chi connectivity index (χ2v) is 6.81. The molecular weight excluding hydrogens is 399 g/mol. The van der Waals surface area contributed by atoms with Crippen LogP contribution >= 0.6 is 0 Å². The number of hydrogen-bond donors (Lipinski definition) is 1. The molecule has 154 valence electrons. The fourth-order valence-electron chi connectivity index (χ4n) is 3.54. The molecule has 9 heteroatoms. The number of ether oxygens (including phenoxy) is 1. The van der Waals surface area contributed by atoms with Crippen LogP contribution < -0.4 is 5.32 Å². The number of nitrogens with one attached hydrogen (secondary N) is 1. The molecular formula is C21H16F3N3O3. The topological polar surface area (TPSA) is 73.2 Å². The van der Waals surface area contributed by atoms with Gasteiger partial charge >= 0.3 is 12.1 Å². The molecule has 0 saturated carbocycles. The molecule has 4 rings (SSSR count). The summed E-state index contributed by atoms with van der Waals surface area (Å²) in [5.41, 5.74) is 1.16. The number of halogens is 3. The Balaban J connectivity index is 1.79. The van der Waals surface area contributed by atoms with E-state index in [0.717, 1.165) is 17.7 Å². The van der Waals surface area contributed by atoms with Gasteiger partial charge < -0.3 is 14.6 Å². The van der Waals surface area contributed by atoms with E-state index in [-0.39, 0.29) is 18.0 Å². The highest BCUT2D eigenvalue weighted by Gasteiger charge is 2.33. The molecule has 1 N–H and O–H groups in total. The Morgan fingerprint density at radius 1 is 1.20 bits per heavy atom. The van der Waals surface area contributed by atoms with Crippen molar-refractivity contribution < 1.29 is 27.5 Å². The number of alkyl halides is 3. The molecule has 0 fully saturated rings. The number of carbonyl (C=O) groups excluding carboxylic acids is 2. The molecule has 1 atom stereocenters. The monoisotopic (exact) mass is 415 g/mol. The summed E-state index contributed by atoms with van der Waals surface area (Å²) in [6.07, 6.45) is -3.00. The second kappa shape index (κ2) is 7.33. The summed E-state index contributed by atoms with van der Waals surface area (Å²) in [5.74, 6) is -0.889. The van der Waals surface area contributed by atoms with Gasteiger partial charge in [-0.1, -0.05) is 18.2 Å². The maximum absolute atomic E-state index is 13.2. The van der Waals surface area contributed by atoms with Crippen molar-refractivity contribution in [3.05, 3.63) is 77.2 Å². The Labute approximate surface area is 169 Å². The molecule has 0 aliphatic carbocycles. The van der Waals surface area contributed by atoms with Crippen LogP contribution in [-0.2, 0) is 15.7 Å².